The number of hydrogen-bond donors (Lipinski definition) is 1. The number of nitrogens with zero attached hydrogens (tertiary/aromatic N) is 2. The van der Waals surface area contributed by atoms with E-state index in [1.54, 1.807) is 12.1 Å². The van der Waals surface area contributed by atoms with Gasteiger partial charge in [0.05, 0.1) is 18.2 Å². The van der Waals surface area contributed by atoms with Crippen molar-refractivity contribution in [1.82, 2.24) is 14.9 Å². The molecule has 0 fully saturated rings. The largest absolute Gasteiger partial charge is 0.465 e. The number of ether oxygens (including phenoxy) is 1. The van der Waals surface area contributed by atoms with E-state index in [9.17, 15) is 9.59 Å². The van der Waals surface area contributed by atoms with Gasteiger partial charge in [-0.1, -0.05) is 24.3 Å². The fourth-order valence-electron chi connectivity index (χ4n) is 3.98. The van der Waals surface area contributed by atoms with E-state index in [0.29, 0.717) is 24.3 Å². The summed E-state index contributed by atoms with van der Waals surface area (Å²) in [6.45, 7) is 1.10. The SMILES string of the molecule is COC(=O)c1ccc2[nH]c3c(c2c1)CN(C(=O)c1ccc2ccccc2n1)CC3. The Bertz CT molecular complexity index is 1280. The summed E-state index contributed by atoms with van der Waals surface area (Å²) in [6.07, 6.45) is 0.733. The highest BCUT2D eigenvalue weighted by molar-refractivity contribution is 5.98. The third kappa shape index (κ3) is 2.93. The Morgan fingerprint density at radius 2 is 1.97 bits per heavy atom. The van der Waals surface area contributed by atoms with Crippen LogP contribution in [0.2, 0.25) is 0 Å². The zero-order chi connectivity index (χ0) is 20.0. The van der Waals surface area contributed by atoms with Gasteiger partial charge in [-0.05, 0) is 30.3 Å². The number of aromatic nitrogens is 2. The van der Waals surface area contributed by atoms with Gasteiger partial charge in [0.15, 0.2) is 0 Å². The number of aromatic amines is 1. The number of carbonyl (C=O) groups excluding carboxylic acids is 2. The van der Waals surface area contributed by atoms with Crippen molar-refractivity contribution in [2.45, 2.75) is 13.0 Å². The van der Waals surface area contributed by atoms with Crippen LogP contribution >= 0.6 is 0 Å². The Morgan fingerprint density at radius 1 is 1.10 bits per heavy atom. The van der Waals surface area contributed by atoms with Gasteiger partial charge in [0, 0.05) is 47.1 Å². The molecule has 0 spiro atoms. The van der Waals surface area contributed by atoms with Gasteiger partial charge in [-0.15, -0.1) is 0 Å². The number of rotatable bonds is 2. The lowest BCUT2D eigenvalue weighted by atomic mass is 10.0. The summed E-state index contributed by atoms with van der Waals surface area (Å²) in [4.78, 5) is 34.8. The molecule has 0 bridgehead atoms. The summed E-state index contributed by atoms with van der Waals surface area (Å²) in [5.41, 5.74) is 4.87. The number of nitrogens with one attached hydrogen (secondary N) is 1. The second kappa shape index (κ2) is 6.74. The van der Waals surface area contributed by atoms with Crippen LogP contribution in [0.5, 0.6) is 0 Å². The van der Waals surface area contributed by atoms with E-state index in [-0.39, 0.29) is 11.9 Å². The number of H-pyrrole nitrogens is 1. The van der Waals surface area contributed by atoms with Crippen molar-refractivity contribution in [2.75, 3.05) is 13.7 Å². The predicted molar refractivity (Wildman–Crippen MR) is 110 cm³/mol. The average Bonchev–Trinajstić information content (AvgIpc) is 3.14. The van der Waals surface area contributed by atoms with Crippen molar-refractivity contribution in [2.24, 2.45) is 0 Å². The van der Waals surface area contributed by atoms with E-state index < -0.39 is 0 Å². The normalized spacial score (nSPS) is 13.5. The lowest BCUT2D eigenvalue weighted by molar-refractivity contribution is 0.0600. The fraction of sp³-hybridized carbons (Fsp3) is 0.174. The standard InChI is InChI=1S/C23H19N3O3/c1-29-23(28)15-7-8-19-16(12-15)17-13-26(11-10-20(17)25-19)22(27)21-9-6-14-4-2-3-5-18(14)24-21/h2-9,12,25H,10-11,13H2,1H3. The van der Waals surface area contributed by atoms with Crippen molar-refractivity contribution in [1.29, 1.82) is 0 Å². The van der Waals surface area contributed by atoms with E-state index in [1.807, 2.05) is 47.4 Å². The third-order valence-electron chi connectivity index (χ3n) is 5.50. The molecule has 0 saturated carbocycles. The zero-order valence-corrected chi connectivity index (χ0v) is 15.9. The van der Waals surface area contributed by atoms with Crippen molar-refractivity contribution in [3.05, 3.63) is 77.1 Å². The summed E-state index contributed by atoms with van der Waals surface area (Å²) in [6, 6.07) is 16.9. The molecule has 2 aromatic carbocycles. The molecule has 4 aromatic rings. The molecule has 0 aliphatic carbocycles. The highest BCUT2D eigenvalue weighted by Crippen LogP contribution is 2.29. The average molecular weight is 385 g/mol. The number of amides is 1. The summed E-state index contributed by atoms with van der Waals surface area (Å²) >= 11 is 0. The number of hydrogen-bond acceptors (Lipinski definition) is 4. The molecule has 144 valence electrons. The quantitative estimate of drug-likeness (QED) is 0.534. The van der Waals surface area contributed by atoms with Crippen LogP contribution in [0.1, 0.15) is 32.1 Å². The van der Waals surface area contributed by atoms with Gasteiger partial charge in [0.2, 0.25) is 0 Å². The molecular weight excluding hydrogens is 366 g/mol. The molecule has 0 saturated heterocycles. The Balaban J connectivity index is 1.48. The number of para-hydroxylation sites is 1. The molecule has 1 aliphatic rings. The Kier molecular flexibility index (Phi) is 4.05. The number of carbonyl (C=O) groups is 2. The maximum Gasteiger partial charge on any atom is 0.337 e. The van der Waals surface area contributed by atoms with E-state index in [4.69, 9.17) is 4.74 Å². The highest BCUT2D eigenvalue weighted by Gasteiger charge is 2.26. The van der Waals surface area contributed by atoms with Gasteiger partial charge >= 0.3 is 5.97 Å². The Hall–Kier alpha value is -3.67. The monoisotopic (exact) mass is 385 g/mol. The number of esters is 1. The predicted octanol–water partition coefficient (Wildman–Crippen LogP) is 3.70. The van der Waals surface area contributed by atoms with Crippen LogP contribution in [-0.4, -0.2) is 40.4 Å². The van der Waals surface area contributed by atoms with Crippen LogP contribution in [0.25, 0.3) is 21.8 Å². The first-order chi connectivity index (χ1) is 14.1. The summed E-state index contributed by atoms with van der Waals surface area (Å²) in [7, 11) is 1.37. The topological polar surface area (TPSA) is 75.3 Å². The van der Waals surface area contributed by atoms with Crippen LogP contribution < -0.4 is 0 Å². The second-order valence-corrected chi connectivity index (χ2v) is 7.20. The van der Waals surface area contributed by atoms with Gasteiger partial charge in [0.1, 0.15) is 5.69 Å². The minimum Gasteiger partial charge on any atom is -0.465 e. The fourth-order valence-corrected chi connectivity index (χ4v) is 3.98. The number of methoxy groups -OCH3 is 1. The zero-order valence-electron chi connectivity index (χ0n) is 15.9. The van der Waals surface area contributed by atoms with Gasteiger partial charge in [-0.3, -0.25) is 4.79 Å². The minimum absolute atomic E-state index is 0.0834. The van der Waals surface area contributed by atoms with Crippen molar-refractivity contribution in [3.8, 4) is 0 Å². The van der Waals surface area contributed by atoms with Crippen molar-refractivity contribution >= 4 is 33.7 Å². The van der Waals surface area contributed by atoms with Crippen LogP contribution in [0.4, 0.5) is 0 Å². The lowest BCUT2D eigenvalue weighted by Gasteiger charge is -2.27. The van der Waals surface area contributed by atoms with Crippen LogP contribution in [-0.2, 0) is 17.7 Å². The maximum absolute atomic E-state index is 13.1. The lowest BCUT2D eigenvalue weighted by Crippen LogP contribution is -2.36. The molecule has 1 aliphatic heterocycles. The van der Waals surface area contributed by atoms with E-state index in [1.165, 1.54) is 7.11 Å². The summed E-state index contributed by atoms with van der Waals surface area (Å²) in [5, 5.41) is 1.96. The maximum atomic E-state index is 13.1. The van der Waals surface area contributed by atoms with Gasteiger partial charge < -0.3 is 14.6 Å². The summed E-state index contributed by atoms with van der Waals surface area (Å²) in [5.74, 6) is -0.453. The summed E-state index contributed by atoms with van der Waals surface area (Å²) < 4.78 is 4.84. The number of pyridine rings is 1. The van der Waals surface area contributed by atoms with E-state index in [2.05, 4.69) is 9.97 Å². The molecule has 6 heteroatoms. The Morgan fingerprint density at radius 3 is 2.83 bits per heavy atom. The molecule has 2 aromatic heterocycles. The Labute approximate surface area is 167 Å². The van der Waals surface area contributed by atoms with Crippen LogP contribution in [0.15, 0.2) is 54.6 Å². The third-order valence-corrected chi connectivity index (χ3v) is 5.50. The molecule has 5 rings (SSSR count). The smallest absolute Gasteiger partial charge is 0.337 e. The van der Waals surface area contributed by atoms with Gasteiger partial charge in [-0.2, -0.15) is 0 Å². The first kappa shape index (κ1) is 17.4. The molecular formula is C23H19N3O3. The molecule has 1 N–H and O–H groups in total. The molecule has 0 atom stereocenters. The van der Waals surface area contributed by atoms with Gasteiger partial charge in [-0.25, -0.2) is 9.78 Å². The van der Waals surface area contributed by atoms with Crippen molar-refractivity contribution in [3.63, 3.8) is 0 Å². The van der Waals surface area contributed by atoms with Gasteiger partial charge in [0.25, 0.3) is 5.91 Å². The molecule has 29 heavy (non-hydrogen) atoms. The molecule has 6 nitrogen and oxygen atoms in total. The van der Waals surface area contributed by atoms with Crippen molar-refractivity contribution < 1.29 is 14.3 Å². The first-order valence-electron chi connectivity index (χ1n) is 9.51. The molecule has 3 heterocycles. The highest BCUT2D eigenvalue weighted by atomic mass is 16.5. The number of benzene rings is 2. The van der Waals surface area contributed by atoms with Crippen LogP contribution in [0.3, 0.4) is 0 Å². The van der Waals surface area contributed by atoms with Crippen LogP contribution in [0, 0.1) is 0 Å². The minimum atomic E-state index is -0.369. The van der Waals surface area contributed by atoms with E-state index >= 15 is 0 Å². The molecule has 1 amide bonds. The van der Waals surface area contributed by atoms with E-state index in [0.717, 1.165) is 39.5 Å². The second-order valence-electron chi connectivity index (χ2n) is 7.20. The molecule has 0 radical (unpaired) electrons. The number of fused-ring (bicyclic) bond motifs is 4. The molecule has 0 unspecified atom stereocenters. The first-order valence-corrected chi connectivity index (χ1v) is 9.51.